The Morgan fingerprint density at radius 2 is 1.55 bits per heavy atom. The minimum Gasteiger partial charge on any atom is -0.496 e. The van der Waals surface area contributed by atoms with Crippen LogP contribution in [0.15, 0.2) is 98.3 Å². The van der Waals surface area contributed by atoms with E-state index in [2.05, 4.69) is 15.9 Å². The molecule has 9 nitrogen and oxygen atoms in total. The first-order valence-corrected chi connectivity index (χ1v) is 20.5. The van der Waals surface area contributed by atoms with E-state index in [0.717, 1.165) is 24.3 Å². The van der Waals surface area contributed by atoms with Gasteiger partial charge in [0.2, 0.25) is 0 Å². The van der Waals surface area contributed by atoms with Crippen molar-refractivity contribution in [2.45, 2.75) is 70.4 Å². The maximum atomic E-state index is 14.8. The number of nitrogens with zero attached hydrogens (tertiary/aromatic N) is 2. The van der Waals surface area contributed by atoms with Crippen LogP contribution >= 0.6 is 27.3 Å². The highest BCUT2D eigenvalue weighted by molar-refractivity contribution is 9.11. The number of methoxy groups -OCH3 is 1. The lowest BCUT2D eigenvalue weighted by molar-refractivity contribution is -0.159. The van der Waals surface area contributed by atoms with Gasteiger partial charge in [0, 0.05) is 12.0 Å². The molecule has 6 rings (SSSR count). The number of rotatable bonds is 13. The van der Waals surface area contributed by atoms with Gasteiger partial charge in [-0.1, -0.05) is 92.7 Å². The van der Waals surface area contributed by atoms with E-state index in [9.17, 15) is 19.2 Å². The van der Waals surface area contributed by atoms with Gasteiger partial charge in [-0.2, -0.15) is 0 Å². The highest BCUT2D eigenvalue weighted by Gasteiger charge is 2.52. The quantitative estimate of drug-likeness (QED) is 0.153. The zero-order valence-corrected chi connectivity index (χ0v) is 33.0. The van der Waals surface area contributed by atoms with E-state index in [1.54, 1.807) is 25.5 Å². The molecule has 1 N–H and O–H groups in total. The maximum absolute atomic E-state index is 14.8. The molecule has 1 unspecified atom stereocenters. The number of carbonyl (C=O) groups is 1. The number of ether oxygens (including phenoxy) is 3. The molecule has 5 aromatic rings. The summed E-state index contributed by atoms with van der Waals surface area (Å²) in [6, 6.07) is 26.4. The van der Waals surface area contributed by atoms with Gasteiger partial charge < -0.3 is 19.0 Å². The molecule has 0 bridgehead atoms. The van der Waals surface area contributed by atoms with Crippen LogP contribution < -0.4 is 26.4 Å². The normalized spacial score (nSPS) is 14.7. The van der Waals surface area contributed by atoms with Crippen molar-refractivity contribution in [2.75, 3.05) is 20.3 Å². The number of halogens is 1. The third-order valence-corrected chi connectivity index (χ3v) is 16.8. The second-order valence-corrected chi connectivity index (χ2v) is 20.5. The Morgan fingerprint density at radius 3 is 2.10 bits per heavy atom. The molecule has 0 spiro atoms. The van der Waals surface area contributed by atoms with Gasteiger partial charge in [-0.15, -0.1) is 11.3 Å². The molecule has 2 aromatic heterocycles. The number of benzene rings is 3. The number of hydrogen-bond acceptors (Lipinski definition) is 8. The standard InChI is InChI=1S/C39H43BrN2O7SSi/c1-25-33-35(44)42(39(4,5)32(43)21-38(2,3)51(46,27-15-9-7-10-16-27)28-17-11-8-12-18-28)37(45)41(36(33)50-34(25)40)22-31(49-26-23-48-24-26)29-19-13-14-20-30(29)47-6/h7-20,26,31,46H,21-24H2,1-6H3. The Hall–Kier alpha value is -3.65. The van der Waals surface area contributed by atoms with Crippen molar-refractivity contribution in [1.29, 1.82) is 0 Å². The number of para-hydroxylation sites is 1. The molecule has 0 amide bonds. The van der Waals surface area contributed by atoms with Crippen LogP contribution in [0.2, 0.25) is 5.04 Å². The van der Waals surface area contributed by atoms with E-state index in [1.165, 1.54) is 11.3 Å². The Kier molecular flexibility index (Phi) is 10.5. The third kappa shape index (κ3) is 6.62. The van der Waals surface area contributed by atoms with Crippen molar-refractivity contribution in [3.8, 4) is 5.75 Å². The van der Waals surface area contributed by atoms with Gasteiger partial charge in [0.25, 0.3) is 13.9 Å². The Bertz CT molecular complexity index is 2140. The van der Waals surface area contributed by atoms with E-state index < -0.39 is 36.2 Å². The maximum Gasteiger partial charge on any atom is 0.333 e. The molecule has 1 aliphatic heterocycles. The lowest BCUT2D eigenvalue weighted by Crippen LogP contribution is -2.66. The first kappa shape index (κ1) is 37.1. The zero-order chi connectivity index (χ0) is 36.7. The number of hydrogen-bond donors (Lipinski definition) is 1. The van der Waals surface area contributed by atoms with E-state index in [1.807, 2.05) is 106 Å². The highest BCUT2D eigenvalue weighted by atomic mass is 79.9. The molecule has 0 saturated carbocycles. The van der Waals surface area contributed by atoms with Gasteiger partial charge in [-0.3, -0.25) is 14.2 Å². The van der Waals surface area contributed by atoms with Crippen LogP contribution in [0.4, 0.5) is 0 Å². The highest BCUT2D eigenvalue weighted by Crippen LogP contribution is 2.41. The lowest BCUT2D eigenvalue weighted by Gasteiger charge is -2.42. The molecule has 51 heavy (non-hydrogen) atoms. The Balaban J connectivity index is 1.47. The molecule has 12 heteroatoms. The molecule has 0 radical (unpaired) electrons. The van der Waals surface area contributed by atoms with Crippen LogP contribution in [0.25, 0.3) is 10.2 Å². The van der Waals surface area contributed by atoms with E-state index in [4.69, 9.17) is 14.2 Å². The summed E-state index contributed by atoms with van der Waals surface area (Å²) in [7, 11) is -1.99. The van der Waals surface area contributed by atoms with E-state index in [-0.39, 0.29) is 24.9 Å². The van der Waals surface area contributed by atoms with Gasteiger partial charge in [-0.05, 0) is 63.7 Å². The summed E-state index contributed by atoms with van der Waals surface area (Å²) in [5.74, 6) is 0.265. The van der Waals surface area contributed by atoms with Crippen molar-refractivity contribution in [3.05, 3.63) is 121 Å². The first-order valence-electron chi connectivity index (χ1n) is 16.9. The number of Topliss-reactive ketones (excluding diaryl/α,β-unsaturated/α-hetero) is 1. The predicted octanol–water partition coefficient (Wildman–Crippen LogP) is 5.69. The Morgan fingerprint density at radius 1 is 0.980 bits per heavy atom. The average molecular weight is 792 g/mol. The van der Waals surface area contributed by atoms with Gasteiger partial charge in [-0.25, -0.2) is 9.36 Å². The predicted molar refractivity (Wildman–Crippen MR) is 207 cm³/mol. The molecule has 1 atom stereocenters. The summed E-state index contributed by atoms with van der Waals surface area (Å²) in [4.78, 5) is 57.2. The number of ketones is 1. The number of carbonyl (C=O) groups excluding carboxylic acids is 1. The van der Waals surface area contributed by atoms with Crippen LogP contribution in [-0.4, -0.2) is 54.5 Å². The molecule has 1 aliphatic rings. The molecule has 268 valence electrons. The smallest absolute Gasteiger partial charge is 0.333 e. The molecular weight excluding hydrogens is 748 g/mol. The monoisotopic (exact) mass is 790 g/mol. The molecule has 1 fully saturated rings. The van der Waals surface area contributed by atoms with Crippen molar-refractivity contribution >= 4 is 62.0 Å². The second-order valence-electron chi connectivity index (χ2n) is 14.2. The molecule has 3 heterocycles. The number of aryl methyl sites for hydroxylation is 1. The number of fused-ring (bicyclic) bond motifs is 1. The number of thiophene rings is 1. The molecular formula is C39H43BrN2O7SSi. The van der Waals surface area contributed by atoms with Crippen LogP contribution in [0.5, 0.6) is 5.75 Å². The third-order valence-electron chi connectivity index (χ3n) is 10.2. The zero-order valence-electron chi connectivity index (χ0n) is 29.6. The van der Waals surface area contributed by atoms with Gasteiger partial charge in [0.1, 0.15) is 28.3 Å². The largest absolute Gasteiger partial charge is 0.496 e. The minimum atomic E-state index is -3.58. The van der Waals surface area contributed by atoms with Crippen molar-refractivity contribution in [2.24, 2.45) is 0 Å². The first-order chi connectivity index (χ1) is 24.2. The number of aromatic nitrogens is 2. The second kappa shape index (κ2) is 14.4. The summed E-state index contributed by atoms with van der Waals surface area (Å²) in [6.45, 7) is 9.78. The summed E-state index contributed by atoms with van der Waals surface area (Å²) in [6.07, 6.45) is -0.887. The van der Waals surface area contributed by atoms with Crippen LogP contribution in [-0.2, 0) is 26.4 Å². The van der Waals surface area contributed by atoms with Gasteiger partial charge >= 0.3 is 5.69 Å². The molecule has 1 saturated heterocycles. The lowest BCUT2D eigenvalue weighted by atomic mass is 9.91. The summed E-state index contributed by atoms with van der Waals surface area (Å²) in [5.41, 5.74) is -1.30. The summed E-state index contributed by atoms with van der Waals surface area (Å²) < 4.78 is 20.9. The summed E-state index contributed by atoms with van der Waals surface area (Å²) in [5, 5.41) is 0.958. The topological polar surface area (TPSA) is 109 Å². The fourth-order valence-electron chi connectivity index (χ4n) is 6.99. The van der Waals surface area contributed by atoms with E-state index >= 15 is 0 Å². The molecule has 0 aliphatic carbocycles. The Labute approximate surface area is 310 Å². The summed E-state index contributed by atoms with van der Waals surface area (Å²) >= 11 is 4.90. The van der Waals surface area contributed by atoms with Crippen molar-refractivity contribution in [1.82, 2.24) is 9.13 Å². The fourth-order valence-corrected chi connectivity index (χ4v) is 12.3. The SMILES string of the molecule is COc1ccccc1C(Cn1c(=O)n(C(C)(C)C(=O)CC(C)(C)[Si](O)(c2ccccc2)c2ccccc2)c(=O)c2c(C)c(Br)sc21)OC1COC1. The minimum absolute atomic E-state index is 0.0589. The van der Waals surface area contributed by atoms with E-state index in [0.29, 0.717) is 34.7 Å². The van der Waals surface area contributed by atoms with Gasteiger partial charge in [0.05, 0.1) is 36.0 Å². The average Bonchev–Trinajstić information content (AvgIpc) is 3.40. The van der Waals surface area contributed by atoms with Crippen molar-refractivity contribution < 1.29 is 23.8 Å². The van der Waals surface area contributed by atoms with Gasteiger partial charge in [0.15, 0.2) is 5.78 Å². The molecule has 3 aromatic carbocycles. The fraction of sp³-hybridized carbons (Fsp3) is 0.359. The van der Waals surface area contributed by atoms with Crippen molar-refractivity contribution in [3.63, 3.8) is 0 Å². The van der Waals surface area contributed by atoms with Crippen LogP contribution in [0.1, 0.15) is 51.3 Å². The van der Waals surface area contributed by atoms with Crippen LogP contribution in [0, 0.1) is 6.92 Å². The van der Waals surface area contributed by atoms with Crippen LogP contribution in [0.3, 0.4) is 0 Å².